The van der Waals surface area contributed by atoms with Crippen molar-refractivity contribution in [1.82, 2.24) is 5.32 Å². The van der Waals surface area contributed by atoms with Gasteiger partial charge in [0.05, 0.1) is 13.2 Å². The van der Waals surface area contributed by atoms with E-state index in [1.807, 2.05) is 91.0 Å². The Bertz CT molecular complexity index is 1200. The van der Waals surface area contributed by atoms with Crippen molar-refractivity contribution in [3.63, 3.8) is 0 Å². The minimum absolute atomic E-state index is 0.241. The molecule has 0 radical (unpaired) electrons. The van der Waals surface area contributed by atoms with E-state index in [2.05, 4.69) is 5.32 Å². The van der Waals surface area contributed by atoms with Crippen LogP contribution in [0, 0.1) is 0 Å². The van der Waals surface area contributed by atoms with Gasteiger partial charge >= 0.3 is 6.09 Å². The topological polar surface area (TPSA) is 105 Å². The van der Waals surface area contributed by atoms with Gasteiger partial charge in [-0.2, -0.15) is 0 Å². The van der Waals surface area contributed by atoms with Crippen molar-refractivity contribution >= 4 is 6.09 Å². The number of hydrogen-bond donors (Lipinski definition) is 2. The van der Waals surface area contributed by atoms with E-state index in [4.69, 9.17) is 28.4 Å². The maximum absolute atomic E-state index is 11.9. The van der Waals surface area contributed by atoms with Gasteiger partial charge in [0.2, 0.25) is 0 Å². The van der Waals surface area contributed by atoms with E-state index in [1.165, 1.54) is 0 Å². The highest BCUT2D eigenvalue weighted by atomic mass is 16.8. The summed E-state index contributed by atoms with van der Waals surface area (Å²) in [7, 11) is 0. The summed E-state index contributed by atoms with van der Waals surface area (Å²) in [6.07, 6.45) is -2.26. The number of aliphatic hydroxyl groups is 1. The SMILES string of the molecule is O=C(NCCCCCO[C@@H]1O[C@@H]2COC(c3ccccc3)O[C@H]2[C@H](OCc2ccccc2)[C@H]1O)OCc1ccccc1. The van der Waals surface area contributed by atoms with Gasteiger partial charge in [-0.15, -0.1) is 0 Å². The number of rotatable bonds is 13. The molecule has 0 saturated carbocycles. The number of benzene rings is 3. The standard InChI is InChI=1S/C33H39NO8/c35-28-30(38-21-24-13-5-1-6-14-24)29-27(23-39-31(42-29)26-17-9-3-10-18-26)41-32(28)37-20-12-4-11-19-34-33(36)40-22-25-15-7-2-8-16-25/h1-3,5-10,13-18,27-32,35H,4,11-12,19-23H2,(H,34,36)/t27-,28-,29-,30-,31?,32-/m1/s1. The minimum atomic E-state index is -1.05. The Labute approximate surface area is 246 Å². The second-order valence-corrected chi connectivity index (χ2v) is 10.4. The van der Waals surface area contributed by atoms with E-state index in [0.29, 0.717) is 19.8 Å². The highest BCUT2D eigenvalue weighted by molar-refractivity contribution is 5.67. The highest BCUT2D eigenvalue weighted by Crippen LogP contribution is 2.36. The number of ether oxygens (including phenoxy) is 6. The van der Waals surface area contributed by atoms with Gasteiger partial charge in [0.1, 0.15) is 31.0 Å². The lowest BCUT2D eigenvalue weighted by Crippen LogP contribution is -2.63. The van der Waals surface area contributed by atoms with E-state index in [9.17, 15) is 9.90 Å². The molecule has 0 bridgehead atoms. The van der Waals surface area contributed by atoms with Crippen LogP contribution in [0.4, 0.5) is 4.79 Å². The maximum Gasteiger partial charge on any atom is 0.407 e. The average molecular weight is 578 g/mol. The molecule has 1 amide bonds. The monoisotopic (exact) mass is 577 g/mol. The summed E-state index contributed by atoms with van der Waals surface area (Å²) in [5, 5.41) is 14.0. The Morgan fingerprint density at radius 2 is 1.48 bits per heavy atom. The van der Waals surface area contributed by atoms with Gasteiger partial charge in [0, 0.05) is 18.7 Å². The van der Waals surface area contributed by atoms with Crippen LogP contribution < -0.4 is 5.32 Å². The number of carbonyl (C=O) groups is 1. The molecule has 0 aliphatic carbocycles. The molecule has 2 aliphatic heterocycles. The van der Waals surface area contributed by atoms with Crippen molar-refractivity contribution in [3.05, 3.63) is 108 Å². The zero-order chi connectivity index (χ0) is 29.0. The van der Waals surface area contributed by atoms with Gasteiger partial charge in [0.25, 0.3) is 0 Å². The molecular weight excluding hydrogens is 538 g/mol. The lowest BCUT2D eigenvalue weighted by atomic mass is 9.97. The first-order valence-electron chi connectivity index (χ1n) is 14.5. The number of alkyl carbamates (subject to hydrolysis) is 1. The van der Waals surface area contributed by atoms with Crippen molar-refractivity contribution in [2.75, 3.05) is 19.8 Å². The van der Waals surface area contributed by atoms with Crippen LogP contribution in [0.2, 0.25) is 0 Å². The van der Waals surface area contributed by atoms with Gasteiger partial charge in [0.15, 0.2) is 12.6 Å². The van der Waals surface area contributed by atoms with E-state index >= 15 is 0 Å². The predicted molar refractivity (Wildman–Crippen MR) is 154 cm³/mol. The molecule has 42 heavy (non-hydrogen) atoms. The fourth-order valence-electron chi connectivity index (χ4n) is 5.01. The summed E-state index contributed by atoms with van der Waals surface area (Å²) in [4.78, 5) is 11.9. The average Bonchev–Trinajstić information content (AvgIpc) is 3.04. The van der Waals surface area contributed by atoms with Crippen LogP contribution in [-0.2, 0) is 41.6 Å². The summed E-state index contributed by atoms with van der Waals surface area (Å²) in [5.41, 5.74) is 2.83. The Morgan fingerprint density at radius 3 is 2.19 bits per heavy atom. The molecule has 9 nitrogen and oxygen atoms in total. The molecule has 2 aliphatic rings. The fraction of sp³-hybridized carbons (Fsp3) is 0.424. The zero-order valence-electron chi connectivity index (χ0n) is 23.6. The van der Waals surface area contributed by atoms with Gasteiger partial charge in [-0.25, -0.2) is 4.79 Å². The summed E-state index contributed by atoms with van der Waals surface area (Å²) < 4.78 is 35.8. The Morgan fingerprint density at radius 1 is 0.810 bits per heavy atom. The van der Waals surface area contributed by atoms with Gasteiger partial charge < -0.3 is 38.8 Å². The van der Waals surface area contributed by atoms with E-state index in [-0.39, 0.29) is 13.2 Å². The van der Waals surface area contributed by atoms with Crippen LogP contribution in [0.25, 0.3) is 0 Å². The van der Waals surface area contributed by atoms with E-state index in [0.717, 1.165) is 36.0 Å². The molecule has 2 heterocycles. The normalized spacial score (nSPS) is 25.4. The van der Waals surface area contributed by atoms with Gasteiger partial charge in [-0.05, 0) is 30.4 Å². The fourth-order valence-corrected chi connectivity index (χ4v) is 5.01. The molecule has 0 aromatic heterocycles. The Kier molecular flexibility index (Phi) is 11.3. The van der Waals surface area contributed by atoms with E-state index in [1.54, 1.807) is 0 Å². The second-order valence-electron chi connectivity index (χ2n) is 10.4. The lowest BCUT2D eigenvalue weighted by molar-refractivity contribution is -0.367. The molecule has 0 spiro atoms. The summed E-state index contributed by atoms with van der Waals surface area (Å²) in [6, 6.07) is 29.1. The predicted octanol–water partition coefficient (Wildman–Crippen LogP) is 4.89. The number of hydrogen-bond acceptors (Lipinski definition) is 8. The first-order valence-corrected chi connectivity index (χ1v) is 14.5. The van der Waals surface area contributed by atoms with Crippen LogP contribution in [0.5, 0.6) is 0 Å². The van der Waals surface area contributed by atoms with E-state index < -0.39 is 43.1 Å². The Balaban J connectivity index is 1.07. The van der Waals surface area contributed by atoms with Crippen LogP contribution in [0.3, 0.4) is 0 Å². The summed E-state index contributed by atoms with van der Waals surface area (Å²) >= 11 is 0. The number of unbranched alkanes of at least 4 members (excludes halogenated alkanes) is 2. The molecule has 9 heteroatoms. The third kappa shape index (κ3) is 8.61. The van der Waals surface area contributed by atoms with Crippen molar-refractivity contribution < 1.29 is 38.3 Å². The van der Waals surface area contributed by atoms with Crippen LogP contribution in [0.1, 0.15) is 42.2 Å². The van der Waals surface area contributed by atoms with Crippen LogP contribution in [0.15, 0.2) is 91.0 Å². The molecule has 3 aromatic carbocycles. The largest absolute Gasteiger partial charge is 0.445 e. The summed E-state index contributed by atoms with van der Waals surface area (Å²) in [5.74, 6) is 0. The third-order valence-electron chi connectivity index (χ3n) is 7.25. The highest BCUT2D eigenvalue weighted by Gasteiger charge is 2.50. The first kappa shape index (κ1) is 30.2. The number of aliphatic hydroxyl groups excluding tert-OH is 1. The molecular formula is C33H39NO8. The first-order chi connectivity index (χ1) is 20.7. The third-order valence-corrected chi connectivity index (χ3v) is 7.25. The van der Waals surface area contributed by atoms with Gasteiger partial charge in [-0.1, -0.05) is 91.0 Å². The molecule has 3 aromatic rings. The van der Waals surface area contributed by atoms with Crippen molar-refractivity contribution in [2.45, 2.75) is 69.5 Å². The quantitative estimate of drug-likeness (QED) is 0.277. The molecule has 1 unspecified atom stereocenters. The number of carbonyl (C=O) groups excluding carboxylic acids is 1. The molecule has 2 saturated heterocycles. The summed E-state index contributed by atoms with van der Waals surface area (Å²) in [6.45, 7) is 1.74. The van der Waals surface area contributed by atoms with Crippen LogP contribution in [-0.4, -0.2) is 61.7 Å². The molecule has 224 valence electrons. The van der Waals surface area contributed by atoms with Crippen molar-refractivity contribution in [1.29, 1.82) is 0 Å². The second kappa shape index (κ2) is 15.8. The Hall–Kier alpha value is -3.31. The molecule has 2 N–H and O–H groups in total. The molecule has 2 fully saturated rings. The smallest absolute Gasteiger partial charge is 0.407 e. The number of fused-ring (bicyclic) bond motifs is 1. The lowest BCUT2D eigenvalue weighted by Gasteiger charge is -2.47. The number of nitrogens with one attached hydrogen (secondary N) is 1. The van der Waals surface area contributed by atoms with Crippen molar-refractivity contribution in [2.24, 2.45) is 0 Å². The zero-order valence-corrected chi connectivity index (χ0v) is 23.6. The molecule has 6 atom stereocenters. The minimum Gasteiger partial charge on any atom is -0.445 e. The van der Waals surface area contributed by atoms with Crippen LogP contribution >= 0.6 is 0 Å². The molecule has 5 rings (SSSR count). The van der Waals surface area contributed by atoms with Gasteiger partial charge in [-0.3, -0.25) is 0 Å². The maximum atomic E-state index is 11.9. The number of amides is 1. The van der Waals surface area contributed by atoms with Crippen molar-refractivity contribution in [3.8, 4) is 0 Å².